The Morgan fingerprint density at radius 1 is 1.50 bits per heavy atom. The van der Waals surface area contributed by atoms with Crippen LogP contribution in [0.25, 0.3) is 0 Å². The smallest absolute Gasteiger partial charge is 0.103 e. The lowest BCUT2D eigenvalue weighted by Gasteiger charge is -1.52. The molecule has 0 bridgehead atoms. The van der Waals surface area contributed by atoms with Crippen molar-refractivity contribution < 1.29 is 5.11 Å². The third-order valence-electron chi connectivity index (χ3n) is 0.283. The van der Waals surface area contributed by atoms with Gasteiger partial charge in [-0.15, -0.1) is 21.5 Å². The summed E-state index contributed by atoms with van der Waals surface area (Å²) in [6.45, 7) is 1.93. The largest absolute Gasteiger partial charge is 0.397 e. The van der Waals surface area contributed by atoms with E-state index in [-0.39, 0.29) is 6.61 Å². The molecular formula is C4H8N2OS. The topological polar surface area (TPSA) is 46.0 Å². The summed E-state index contributed by atoms with van der Waals surface area (Å²) in [5.41, 5.74) is 3.36. The summed E-state index contributed by atoms with van der Waals surface area (Å²) in [6.07, 6.45) is 0. The third-order valence-corrected chi connectivity index (χ3v) is 0.715. The lowest BCUT2D eigenvalue weighted by atomic mass is 10.9. The van der Waals surface area contributed by atoms with Gasteiger partial charge in [0.15, 0.2) is 0 Å². The van der Waals surface area contributed by atoms with Gasteiger partial charge in [0.2, 0.25) is 0 Å². The molecule has 0 aliphatic heterocycles. The molecule has 0 saturated carbocycles. The van der Waals surface area contributed by atoms with E-state index in [1.165, 1.54) is 11.3 Å². The van der Waals surface area contributed by atoms with Crippen LogP contribution >= 0.6 is 11.3 Å². The first-order chi connectivity index (χ1) is 3.91. The Kier molecular flexibility index (Phi) is 6.13. The minimum Gasteiger partial charge on any atom is -0.397 e. The van der Waals surface area contributed by atoms with E-state index in [9.17, 15) is 0 Å². The molecular weight excluding hydrogens is 124 g/mol. The van der Waals surface area contributed by atoms with Gasteiger partial charge >= 0.3 is 0 Å². The molecule has 0 unspecified atom stereocenters. The summed E-state index contributed by atoms with van der Waals surface area (Å²) < 4.78 is 0. The number of aromatic nitrogens is 2. The Morgan fingerprint density at radius 2 is 1.88 bits per heavy atom. The fourth-order valence-corrected chi connectivity index (χ4v) is 0.408. The Balaban J connectivity index is 0.000000145. The third kappa shape index (κ3) is 5.52. The summed E-state index contributed by atoms with van der Waals surface area (Å²) >= 11 is 1.49. The first-order valence-electron chi connectivity index (χ1n) is 2.21. The molecule has 1 rings (SSSR count). The van der Waals surface area contributed by atoms with Crippen LogP contribution in [0.1, 0.15) is 6.92 Å². The fraction of sp³-hybridized carbons (Fsp3) is 0.500. The van der Waals surface area contributed by atoms with Crippen molar-refractivity contribution in [2.45, 2.75) is 6.92 Å². The van der Waals surface area contributed by atoms with Crippen molar-refractivity contribution in [1.82, 2.24) is 10.2 Å². The molecule has 0 amide bonds. The van der Waals surface area contributed by atoms with E-state index < -0.39 is 0 Å². The van der Waals surface area contributed by atoms with E-state index in [0.717, 1.165) is 0 Å². The first-order valence-corrected chi connectivity index (χ1v) is 3.15. The minimum atomic E-state index is 0.250. The highest BCUT2D eigenvalue weighted by atomic mass is 32.1. The zero-order valence-corrected chi connectivity index (χ0v) is 5.43. The van der Waals surface area contributed by atoms with Gasteiger partial charge in [-0.2, -0.15) is 0 Å². The average Bonchev–Trinajstić information content (AvgIpc) is 2.17. The standard InChI is InChI=1S/C2H2N2S.C2H6O/c1-3-4-2-5-1;1-2-3/h1-2H;3H,2H2,1H3. The van der Waals surface area contributed by atoms with Crippen molar-refractivity contribution in [3.63, 3.8) is 0 Å². The molecule has 0 aromatic carbocycles. The average molecular weight is 132 g/mol. The highest BCUT2D eigenvalue weighted by molar-refractivity contribution is 7.07. The molecule has 3 nitrogen and oxygen atoms in total. The molecule has 0 fully saturated rings. The molecule has 1 heterocycles. The van der Waals surface area contributed by atoms with Crippen LogP contribution in [-0.2, 0) is 0 Å². The highest BCUT2D eigenvalue weighted by Crippen LogP contribution is 1.80. The molecule has 1 aromatic heterocycles. The van der Waals surface area contributed by atoms with E-state index in [0.29, 0.717) is 0 Å². The number of nitrogens with zero attached hydrogens (tertiary/aromatic N) is 2. The van der Waals surface area contributed by atoms with Crippen molar-refractivity contribution in [3.8, 4) is 0 Å². The lowest BCUT2D eigenvalue weighted by molar-refractivity contribution is 0.318. The van der Waals surface area contributed by atoms with Crippen LogP contribution in [-0.4, -0.2) is 21.9 Å². The quantitative estimate of drug-likeness (QED) is 0.560. The SMILES string of the molecule is CCO.c1nncs1. The van der Waals surface area contributed by atoms with Gasteiger partial charge in [0, 0.05) is 6.61 Å². The molecule has 0 spiro atoms. The van der Waals surface area contributed by atoms with Crippen molar-refractivity contribution in [3.05, 3.63) is 11.0 Å². The minimum absolute atomic E-state index is 0.250. The predicted octanol–water partition coefficient (Wildman–Crippen LogP) is 0.537. The zero-order valence-electron chi connectivity index (χ0n) is 4.61. The van der Waals surface area contributed by atoms with E-state index in [1.807, 2.05) is 0 Å². The highest BCUT2D eigenvalue weighted by Gasteiger charge is 1.60. The fourth-order valence-electron chi connectivity index (χ4n) is 0.136. The maximum atomic E-state index is 7.57. The van der Waals surface area contributed by atoms with Gasteiger partial charge < -0.3 is 5.11 Å². The Bertz CT molecular complexity index is 80.9. The molecule has 0 saturated heterocycles. The van der Waals surface area contributed by atoms with Gasteiger partial charge in [0.05, 0.1) is 0 Å². The maximum Gasteiger partial charge on any atom is 0.103 e. The summed E-state index contributed by atoms with van der Waals surface area (Å²) in [7, 11) is 0. The second kappa shape index (κ2) is 6.52. The van der Waals surface area contributed by atoms with Crippen molar-refractivity contribution in [1.29, 1.82) is 0 Å². The lowest BCUT2D eigenvalue weighted by Crippen LogP contribution is -1.57. The van der Waals surface area contributed by atoms with Gasteiger partial charge in [-0.05, 0) is 6.92 Å². The zero-order chi connectivity index (χ0) is 6.24. The van der Waals surface area contributed by atoms with Crippen LogP contribution in [0.4, 0.5) is 0 Å². The molecule has 1 aromatic rings. The van der Waals surface area contributed by atoms with Crippen molar-refractivity contribution >= 4 is 11.3 Å². The monoisotopic (exact) mass is 132 g/mol. The number of hydrogen-bond donors (Lipinski definition) is 1. The Labute approximate surface area is 52.0 Å². The van der Waals surface area contributed by atoms with E-state index in [4.69, 9.17) is 5.11 Å². The van der Waals surface area contributed by atoms with E-state index in [1.54, 1.807) is 17.9 Å². The van der Waals surface area contributed by atoms with Crippen molar-refractivity contribution in [2.75, 3.05) is 6.61 Å². The molecule has 46 valence electrons. The predicted molar refractivity (Wildman–Crippen MR) is 32.7 cm³/mol. The summed E-state index contributed by atoms with van der Waals surface area (Å²) in [5, 5.41) is 14.6. The van der Waals surface area contributed by atoms with E-state index in [2.05, 4.69) is 10.2 Å². The van der Waals surface area contributed by atoms with Crippen molar-refractivity contribution in [2.24, 2.45) is 0 Å². The van der Waals surface area contributed by atoms with Crippen LogP contribution in [0.15, 0.2) is 11.0 Å². The van der Waals surface area contributed by atoms with Gasteiger partial charge in [-0.25, -0.2) is 0 Å². The molecule has 0 aliphatic carbocycles. The molecule has 0 atom stereocenters. The summed E-state index contributed by atoms with van der Waals surface area (Å²) in [4.78, 5) is 0. The van der Waals surface area contributed by atoms with Crippen LogP contribution in [0.3, 0.4) is 0 Å². The number of aliphatic hydroxyl groups excluding tert-OH is 1. The van der Waals surface area contributed by atoms with Crippen LogP contribution in [0, 0.1) is 0 Å². The molecule has 1 N–H and O–H groups in total. The maximum absolute atomic E-state index is 7.57. The second-order valence-corrected chi connectivity index (χ2v) is 1.59. The van der Waals surface area contributed by atoms with Crippen LogP contribution in [0.2, 0.25) is 0 Å². The van der Waals surface area contributed by atoms with Gasteiger partial charge in [-0.3, -0.25) is 0 Å². The van der Waals surface area contributed by atoms with Gasteiger partial charge in [0.25, 0.3) is 0 Å². The number of aliphatic hydroxyl groups is 1. The normalized spacial score (nSPS) is 7.25. The first kappa shape index (κ1) is 7.52. The number of rotatable bonds is 0. The molecule has 0 aliphatic rings. The summed E-state index contributed by atoms with van der Waals surface area (Å²) in [5.74, 6) is 0. The van der Waals surface area contributed by atoms with Gasteiger partial charge in [-0.1, -0.05) is 0 Å². The Hall–Kier alpha value is -0.480. The summed E-state index contributed by atoms with van der Waals surface area (Å²) in [6, 6.07) is 0. The molecule has 0 radical (unpaired) electrons. The van der Waals surface area contributed by atoms with Gasteiger partial charge in [0.1, 0.15) is 11.0 Å². The Morgan fingerprint density at radius 3 is 2.00 bits per heavy atom. The van der Waals surface area contributed by atoms with Crippen LogP contribution in [0.5, 0.6) is 0 Å². The number of hydrogen-bond acceptors (Lipinski definition) is 4. The second-order valence-electron chi connectivity index (χ2n) is 0.894. The molecule has 4 heteroatoms. The van der Waals surface area contributed by atoms with E-state index >= 15 is 0 Å². The van der Waals surface area contributed by atoms with Crippen LogP contribution < -0.4 is 0 Å². The molecule has 8 heavy (non-hydrogen) atoms.